The summed E-state index contributed by atoms with van der Waals surface area (Å²) in [5.41, 5.74) is 0.457. The maximum absolute atomic E-state index is 10.4. The van der Waals surface area contributed by atoms with E-state index in [1.165, 1.54) is 0 Å². The van der Waals surface area contributed by atoms with Gasteiger partial charge >= 0.3 is 0 Å². The predicted molar refractivity (Wildman–Crippen MR) is 70.3 cm³/mol. The van der Waals surface area contributed by atoms with Crippen LogP contribution < -0.4 is 4.90 Å². The molecule has 1 aromatic rings. The van der Waals surface area contributed by atoms with E-state index in [-0.39, 0.29) is 5.41 Å². The monoisotopic (exact) mass is 245 g/mol. The molecule has 1 N–H and O–H groups in total. The number of aliphatic hydroxyl groups is 1. The highest BCUT2D eigenvalue weighted by Crippen LogP contribution is 2.40. The minimum atomic E-state index is -0.773. The lowest BCUT2D eigenvalue weighted by molar-refractivity contribution is -0.00891. The van der Waals surface area contributed by atoms with Gasteiger partial charge in [0, 0.05) is 24.2 Å². The Morgan fingerprint density at radius 1 is 1.33 bits per heavy atom. The Balaban J connectivity index is 2.41. The molecular formula is C14H19N3O. The summed E-state index contributed by atoms with van der Waals surface area (Å²) in [4.78, 5) is 6.45. The second-order valence-electron chi connectivity index (χ2n) is 5.95. The van der Waals surface area contributed by atoms with Gasteiger partial charge in [-0.05, 0) is 26.0 Å². The summed E-state index contributed by atoms with van der Waals surface area (Å²) in [5, 5.41) is 19.6. The third-order valence-electron chi connectivity index (χ3n) is 3.98. The standard InChI is InChI=1S/C14H19N3O/c1-10-5-6-11(7-15)12(16-10)17-8-13(2,3)14(4,18)9-17/h5-6,18H,8-9H2,1-4H3/t14-/m0/s1. The van der Waals surface area contributed by atoms with Gasteiger partial charge in [0.2, 0.25) is 0 Å². The number of pyridine rings is 1. The van der Waals surface area contributed by atoms with Crippen LogP contribution in [0.1, 0.15) is 32.0 Å². The molecule has 18 heavy (non-hydrogen) atoms. The molecule has 1 fully saturated rings. The summed E-state index contributed by atoms with van der Waals surface area (Å²) < 4.78 is 0. The quantitative estimate of drug-likeness (QED) is 0.820. The van der Waals surface area contributed by atoms with E-state index in [1.54, 1.807) is 6.07 Å². The van der Waals surface area contributed by atoms with Crippen molar-refractivity contribution in [2.75, 3.05) is 18.0 Å². The molecule has 0 aliphatic carbocycles. The zero-order valence-corrected chi connectivity index (χ0v) is 11.4. The number of aryl methyl sites for hydroxylation is 1. The summed E-state index contributed by atoms with van der Waals surface area (Å²) in [6.45, 7) is 9.03. The van der Waals surface area contributed by atoms with E-state index in [4.69, 9.17) is 5.26 Å². The van der Waals surface area contributed by atoms with Gasteiger partial charge in [-0.25, -0.2) is 4.98 Å². The molecule has 0 saturated carbocycles. The molecule has 0 amide bonds. The Kier molecular flexibility index (Phi) is 2.83. The maximum atomic E-state index is 10.4. The first-order chi connectivity index (χ1) is 8.27. The van der Waals surface area contributed by atoms with Gasteiger partial charge < -0.3 is 10.0 Å². The van der Waals surface area contributed by atoms with Crippen molar-refractivity contribution in [3.05, 3.63) is 23.4 Å². The fraction of sp³-hybridized carbons (Fsp3) is 0.571. The summed E-state index contributed by atoms with van der Waals surface area (Å²) >= 11 is 0. The van der Waals surface area contributed by atoms with Gasteiger partial charge in [0.15, 0.2) is 0 Å². The first-order valence-corrected chi connectivity index (χ1v) is 6.12. The van der Waals surface area contributed by atoms with Crippen LogP contribution in [0.15, 0.2) is 12.1 Å². The summed E-state index contributed by atoms with van der Waals surface area (Å²) in [6.07, 6.45) is 0. The zero-order chi connectivity index (χ0) is 13.6. The van der Waals surface area contributed by atoms with Crippen LogP contribution in [0.5, 0.6) is 0 Å². The third kappa shape index (κ3) is 1.95. The van der Waals surface area contributed by atoms with Crippen molar-refractivity contribution in [1.29, 1.82) is 5.26 Å². The van der Waals surface area contributed by atoms with Crippen molar-refractivity contribution < 1.29 is 5.11 Å². The molecule has 1 aliphatic heterocycles. The van der Waals surface area contributed by atoms with E-state index in [0.29, 0.717) is 24.5 Å². The van der Waals surface area contributed by atoms with Gasteiger partial charge in [0.25, 0.3) is 0 Å². The van der Waals surface area contributed by atoms with Crippen LogP contribution in [0.25, 0.3) is 0 Å². The van der Waals surface area contributed by atoms with Crippen molar-refractivity contribution in [3.8, 4) is 6.07 Å². The molecule has 1 aliphatic rings. The topological polar surface area (TPSA) is 60.2 Å². The van der Waals surface area contributed by atoms with E-state index in [9.17, 15) is 5.11 Å². The largest absolute Gasteiger partial charge is 0.388 e. The predicted octanol–water partition coefficient (Wildman–Crippen LogP) is 1.86. The SMILES string of the molecule is Cc1ccc(C#N)c(N2CC(C)(C)[C@@](C)(O)C2)n1. The Morgan fingerprint density at radius 2 is 2.00 bits per heavy atom. The summed E-state index contributed by atoms with van der Waals surface area (Å²) in [5.74, 6) is 0.684. The molecule has 0 aromatic carbocycles. The molecule has 2 rings (SSSR count). The molecule has 1 aromatic heterocycles. The van der Waals surface area contributed by atoms with Crippen LogP contribution in [0.2, 0.25) is 0 Å². The molecule has 0 radical (unpaired) electrons. The molecule has 4 heteroatoms. The average Bonchev–Trinajstić information content (AvgIpc) is 2.48. The van der Waals surface area contributed by atoms with Crippen molar-refractivity contribution in [3.63, 3.8) is 0 Å². The molecular weight excluding hydrogens is 226 g/mol. The molecule has 0 spiro atoms. The van der Waals surface area contributed by atoms with E-state index >= 15 is 0 Å². The van der Waals surface area contributed by atoms with Crippen molar-refractivity contribution in [2.24, 2.45) is 5.41 Å². The number of hydrogen-bond acceptors (Lipinski definition) is 4. The van der Waals surface area contributed by atoms with Gasteiger partial charge in [-0.2, -0.15) is 5.26 Å². The van der Waals surface area contributed by atoms with E-state index in [1.807, 2.05) is 38.7 Å². The van der Waals surface area contributed by atoms with E-state index in [0.717, 1.165) is 5.69 Å². The van der Waals surface area contributed by atoms with Crippen molar-refractivity contribution in [2.45, 2.75) is 33.3 Å². The molecule has 96 valence electrons. The Morgan fingerprint density at radius 3 is 2.50 bits per heavy atom. The lowest BCUT2D eigenvalue weighted by Gasteiger charge is -2.30. The van der Waals surface area contributed by atoms with Crippen molar-refractivity contribution >= 4 is 5.82 Å². The Labute approximate surface area is 108 Å². The second kappa shape index (κ2) is 3.96. The molecule has 0 unspecified atom stereocenters. The van der Waals surface area contributed by atoms with Gasteiger partial charge in [-0.15, -0.1) is 0 Å². The van der Waals surface area contributed by atoms with Crippen LogP contribution in [0.4, 0.5) is 5.82 Å². The average molecular weight is 245 g/mol. The Hall–Kier alpha value is -1.60. The number of aromatic nitrogens is 1. The molecule has 0 bridgehead atoms. The van der Waals surface area contributed by atoms with E-state index in [2.05, 4.69) is 11.1 Å². The number of hydrogen-bond donors (Lipinski definition) is 1. The Bertz CT molecular complexity index is 498. The highest BCUT2D eigenvalue weighted by molar-refractivity contribution is 5.56. The summed E-state index contributed by atoms with van der Waals surface area (Å²) in [6, 6.07) is 5.79. The number of β-amino-alcohol motifs (C(OH)–C–C–N with tert-alkyl or cyclic N) is 1. The van der Waals surface area contributed by atoms with Crippen LogP contribution in [-0.4, -0.2) is 28.8 Å². The van der Waals surface area contributed by atoms with Gasteiger partial charge in [0.1, 0.15) is 11.9 Å². The van der Waals surface area contributed by atoms with Gasteiger partial charge in [0.05, 0.1) is 11.2 Å². The second-order valence-corrected chi connectivity index (χ2v) is 5.95. The number of rotatable bonds is 1. The van der Waals surface area contributed by atoms with Crippen molar-refractivity contribution in [1.82, 2.24) is 4.98 Å². The van der Waals surface area contributed by atoms with Gasteiger partial charge in [-0.3, -0.25) is 0 Å². The summed E-state index contributed by atoms with van der Waals surface area (Å²) in [7, 11) is 0. The molecule has 1 saturated heterocycles. The normalized spacial score (nSPS) is 26.1. The first-order valence-electron chi connectivity index (χ1n) is 6.12. The molecule has 4 nitrogen and oxygen atoms in total. The maximum Gasteiger partial charge on any atom is 0.146 e. The van der Waals surface area contributed by atoms with Gasteiger partial charge in [-0.1, -0.05) is 13.8 Å². The van der Waals surface area contributed by atoms with Crippen LogP contribution in [-0.2, 0) is 0 Å². The first kappa shape index (κ1) is 12.8. The highest BCUT2D eigenvalue weighted by Gasteiger charge is 2.48. The van der Waals surface area contributed by atoms with Crippen LogP contribution in [0, 0.1) is 23.7 Å². The number of nitrogens with zero attached hydrogens (tertiary/aromatic N) is 3. The zero-order valence-electron chi connectivity index (χ0n) is 11.4. The number of nitriles is 1. The highest BCUT2D eigenvalue weighted by atomic mass is 16.3. The smallest absolute Gasteiger partial charge is 0.146 e. The lowest BCUT2D eigenvalue weighted by atomic mass is 9.79. The number of anilines is 1. The molecule has 2 heterocycles. The minimum Gasteiger partial charge on any atom is -0.388 e. The minimum absolute atomic E-state index is 0.217. The van der Waals surface area contributed by atoms with E-state index < -0.39 is 5.60 Å². The fourth-order valence-electron chi connectivity index (χ4n) is 2.31. The fourth-order valence-corrected chi connectivity index (χ4v) is 2.31. The van der Waals surface area contributed by atoms with Crippen LogP contribution >= 0.6 is 0 Å². The van der Waals surface area contributed by atoms with Crippen LogP contribution in [0.3, 0.4) is 0 Å². The lowest BCUT2D eigenvalue weighted by Crippen LogP contribution is -2.40. The molecule has 1 atom stereocenters. The third-order valence-corrected chi connectivity index (χ3v) is 3.98.